The molecule has 0 saturated heterocycles. The van der Waals surface area contributed by atoms with Crippen LogP contribution < -0.4 is 5.56 Å². The van der Waals surface area contributed by atoms with Crippen molar-refractivity contribution in [3.8, 4) is 0 Å². The van der Waals surface area contributed by atoms with Crippen LogP contribution in [0.15, 0.2) is 59.5 Å². The minimum Gasteiger partial charge on any atom is -0.395 e. The van der Waals surface area contributed by atoms with Gasteiger partial charge in [-0.15, -0.1) is 0 Å². The molecule has 0 aliphatic heterocycles. The second kappa shape index (κ2) is 6.61. The van der Waals surface area contributed by atoms with Crippen molar-refractivity contribution < 1.29 is 5.11 Å². The first kappa shape index (κ1) is 16.3. The summed E-state index contributed by atoms with van der Waals surface area (Å²) in [6, 6.07) is 15.4. The number of hydrogen-bond acceptors (Lipinski definition) is 3. The minimum absolute atomic E-state index is 0.116. The van der Waals surface area contributed by atoms with Crippen LogP contribution in [0.1, 0.15) is 11.4 Å². The van der Waals surface area contributed by atoms with Gasteiger partial charge in [-0.2, -0.15) is 0 Å². The van der Waals surface area contributed by atoms with E-state index in [1.54, 1.807) is 6.07 Å². The lowest BCUT2D eigenvalue weighted by Gasteiger charge is -2.09. The van der Waals surface area contributed by atoms with E-state index in [4.69, 9.17) is 0 Å². The molecule has 0 amide bonds. The van der Waals surface area contributed by atoms with Crippen molar-refractivity contribution >= 4 is 34.0 Å². The fourth-order valence-corrected chi connectivity index (χ4v) is 3.30. The van der Waals surface area contributed by atoms with Gasteiger partial charge in [-0.05, 0) is 30.4 Å². The molecule has 2 heterocycles. The van der Waals surface area contributed by atoms with Crippen LogP contribution in [0.4, 0.5) is 0 Å². The van der Waals surface area contributed by atoms with Gasteiger partial charge in [-0.3, -0.25) is 9.36 Å². The van der Waals surface area contributed by atoms with Gasteiger partial charge in [0.2, 0.25) is 0 Å². The van der Waals surface area contributed by atoms with E-state index < -0.39 is 0 Å². The third-order valence-corrected chi connectivity index (χ3v) is 4.55. The summed E-state index contributed by atoms with van der Waals surface area (Å²) in [5, 5.41) is 11.1. The Balaban J connectivity index is 1.87. The van der Waals surface area contributed by atoms with Gasteiger partial charge in [-0.1, -0.05) is 30.3 Å². The molecular formula is C21H19N3O2. The molecule has 2 aromatic heterocycles. The minimum atomic E-state index is -0.137. The van der Waals surface area contributed by atoms with Gasteiger partial charge in [0, 0.05) is 29.7 Å². The van der Waals surface area contributed by atoms with Crippen LogP contribution in [-0.2, 0) is 13.6 Å². The highest BCUT2D eigenvalue weighted by atomic mass is 16.3. The number of para-hydroxylation sites is 2. The Hall–Kier alpha value is -3.18. The summed E-state index contributed by atoms with van der Waals surface area (Å²) < 4.78 is 3.59. The third kappa shape index (κ3) is 2.72. The molecule has 2 aromatic carbocycles. The normalized spacial score (nSPS) is 11.8. The van der Waals surface area contributed by atoms with Crippen molar-refractivity contribution in [3.05, 3.63) is 76.5 Å². The predicted molar refractivity (Wildman–Crippen MR) is 105 cm³/mol. The van der Waals surface area contributed by atoms with Gasteiger partial charge in [0.25, 0.3) is 5.56 Å². The summed E-state index contributed by atoms with van der Waals surface area (Å²) in [7, 11) is 2.01. The average Bonchev–Trinajstić information content (AvgIpc) is 2.99. The van der Waals surface area contributed by atoms with Crippen LogP contribution in [0.2, 0.25) is 0 Å². The van der Waals surface area contributed by atoms with E-state index >= 15 is 0 Å². The molecule has 5 nitrogen and oxygen atoms in total. The molecule has 130 valence electrons. The lowest BCUT2D eigenvalue weighted by Crippen LogP contribution is -2.25. The molecule has 0 aliphatic carbocycles. The molecule has 0 saturated carbocycles. The molecular weight excluding hydrogens is 326 g/mol. The number of hydrogen-bond donors (Lipinski definition) is 1. The van der Waals surface area contributed by atoms with E-state index in [1.807, 2.05) is 49.5 Å². The number of nitrogens with zero attached hydrogens (tertiary/aromatic N) is 3. The van der Waals surface area contributed by atoms with Crippen LogP contribution in [0.5, 0.6) is 0 Å². The van der Waals surface area contributed by atoms with E-state index in [1.165, 1.54) is 4.57 Å². The summed E-state index contributed by atoms with van der Waals surface area (Å²) in [4.78, 5) is 17.4. The van der Waals surface area contributed by atoms with Gasteiger partial charge in [0.15, 0.2) is 0 Å². The smallest absolute Gasteiger partial charge is 0.261 e. The third-order valence-electron chi connectivity index (χ3n) is 4.55. The van der Waals surface area contributed by atoms with Crippen molar-refractivity contribution in [1.29, 1.82) is 0 Å². The monoisotopic (exact) mass is 345 g/mol. The summed E-state index contributed by atoms with van der Waals surface area (Å²) in [5.41, 5.74) is 2.72. The fraction of sp³-hybridized carbons (Fsp3) is 0.143. The highest BCUT2D eigenvalue weighted by molar-refractivity contribution is 5.92. The van der Waals surface area contributed by atoms with Crippen LogP contribution in [0, 0.1) is 0 Å². The number of fused-ring (bicyclic) bond motifs is 2. The lowest BCUT2D eigenvalue weighted by atomic mass is 10.1. The Bertz CT molecular complexity index is 1190. The maximum atomic E-state index is 12.7. The Labute approximate surface area is 150 Å². The number of rotatable bonds is 4. The first-order valence-electron chi connectivity index (χ1n) is 8.51. The Kier molecular flexibility index (Phi) is 4.14. The lowest BCUT2D eigenvalue weighted by molar-refractivity contribution is 0.273. The fourth-order valence-electron chi connectivity index (χ4n) is 3.30. The molecule has 5 heteroatoms. The standard InChI is InChI=1S/C21H19N3O2/c1-23-14-15(16-6-3-5-9-19(16)23)10-11-20-22-18-8-4-2-7-17(18)21(26)24(20)12-13-25/h2-11,14,25H,12-13H2,1H3. The van der Waals surface area contributed by atoms with E-state index in [0.717, 1.165) is 16.5 Å². The van der Waals surface area contributed by atoms with Crippen molar-refractivity contribution in [2.45, 2.75) is 6.54 Å². The Morgan fingerprint density at radius 2 is 1.77 bits per heavy atom. The zero-order valence-corrected chi connectivity index (χ0v) is 14.5. The van der Waals surface area contributed by atoms with Crippen LogP contribution in [0.25, 0.3) is 34.0 Å². The first-order valence-corrected chi connectivity index (χ1v) is 8.51. The molecule has 0 aliphatic rings. The largest absolute Gasteiger partial charge is 0.395 e. The van der Waals surface area contributed by atoms with Crippen LogP contribution in [0.3, 0.4) is 0 Å². The summed E-state index contributed by atoms with van der Waals surface area (Å²) >= 11 is 0. The maximum absolute atomic E-state index is 12.7. The molecule has 4 aromatic rings. The molecule has 4 rings (SSSR count). The van der Waals surface area contributed by atoms with E-state index in [-0.39, 0.29) is 18.7 Å². The average molecular weight is 345 g/mol. The maximum Gasteiger partial charge on any atom is 0.261 e. The number of aliphatic hydroxyl groups is 1. The molecule has 1 N–H and O–H groups in total. The Morgan fingerprint density at radius 3 is 2.58 bits per heavy atom. The van der Waals surface area contributed by atoms with Gasteiger partial charge < -0.3 is 9.67 Å². The summed E-state index contributed by atoms with van der Waals surface area (Å²) in [6.07, 6.45) is 5.86. The predicted octanol–water partition coefficient (Wildman–Crippen LogP) is 3.05. The van der Waals surface area contributed by atoms with Gasteiger partial charge in [-0.25, -0.2) is 4.98 Å². The highest BCUT2D eigenvalue weighted by Gasteiger charge is 2.09. The summed E-state index contributed by atoms with van der Waals surface area (Å²) in [6.45, 7) is 0.0981. The molecule has 0 spiro atoms. The van der Waals surface area contributed by atoms with Gasteiger partial charge >= 0.3 is 0 Å². The van der Waals surface area contributed by atoms with E-state index in [9.17, 15) is 9.90 Å². The molecule has 26 heavy (non-hydrogen) atoms. The molecule has 0 fully saturated rings. The van der Waals surface area contributed by atoms with E-state index in [2.05, 4.69) is 27.9 Å². The molecule has 0 bridgehead atoms. The van der Waals surface area contributed by atoms with E-state index in [0.29, 0.717) is 16.7 Å². The van der Waals surface area contributed by atoms with Crippen molar-refractivity contribution in [2.24, 2.45) is 7.05 Å². The summed E-state index contributed by atoms with van der Waals surface area (Å²) in [5.74, 6) is 0.538. The van der Waals surface area contributed by atoms with Crippen molar-refractivity contribution in [1.82, 2.24) is 14.1 Å². The number of aryl methyl sites for hydroxylation is 1. The first-order chi connectivity index (χ1) is 12.7. The number of aromatic nitrogens is 3. The zero-order valence-electron chi connectivity index (χ0n) is 14.5. The molecule has 0 radical (unpaired) electrons. The zero-order chi connectivity index (χ0) is 18.1. The van der Waals surface area contributed by atoms with Gasteiger partial charge in [0.05, 0.1) is 24.1 Å². The van der Waals surface area contributed by atoms with Crippen LogP contribution in [-0.4, -0.2) is 25.8 Å². The SMILES string of the molecule is Cn1cc(C=Cc2nc3ccccc3c(=O)n2CCO)c2ccccc21. The van der Waals surface area contributed by atoms with Gasteiger partial charge in [0.1, 0.15) is 5.82 Å². The van der Waals surface area contributed by atoms with Crippen molar-refractivity contribution in [2.75, 3.05) is 6.61 Å². The second-order valence-corrected chi connectivity index (χ2v) is 6.21. The topological polar surface area (TPSA) is 60.0 Å². The Morgan fingerprint density at radius 1 is 1.04 bits per heavy atom. The highest BCUT2D eigenvalue weighted by Crippen LogP contribution is 2.22. The molecule has 0 unspecified atom stereocenters. The number of benzene rings is 2. The second-order valence-electron chi connectivity index (χ2n) is 6.21. The number of aliphatic hydroxyl groups excluding tert-OH is 1. The quantitative estimate of drug-likeness (QED) is 0.618. The van der Waals surface area contributed by atoms with Crippen LogP contribution >= 0.6 is 0 Å². The van der Waals surface area contributed by atoms with Crippen molar-refractivity contribution in [3.63, 3.8) is 0 Å². The molecule has 0 atom stereocenters.